The molecule has 1 aromatic heterocycles. The van der Waals surface area contributed by atoms with Gasteiger partial charge in [-0.2, -0.15) is 0 Å². The van der Waals surface area contributed by atoms with Crippen LogP contribution in [0.2, 0.25) is 0 Å². The number of hydrogen-bond acceptors (Lipinski definition) is 5. The van der Waals surface area contributed by atoms with E-state index in [1.807, 2.05) is 12.1 Å². The summed E-state index contributed by atoms with van der Waals surface area (Å²) in [6, 6.07) is 6.64. The van der Waals surface area contributed by atoms with E-state index in [0.29, 0.717) is 22.6 Å². The summed E-state index contributed by atoms with van der Waals surface area (Å²) in [5.74, 6) is -0.437. The first-order valence-corrected chi connectivity index (χ1v) is 10.3. The lowest BCUT2D eigenvalue weighted by Gasteiger charge is -2.19. The number of rotatable bonds is 8. The summed E-state index contributed by atoms with van der Waals surface area (Å²) in [6.45, 7) is 9.16. The molecule has 0 radical (unpaired) electrons. The van der Waals surface area contributed by atoms with Crippen LogP contribution in [-0.4, -0.2) is 53.4 Å². The molecule has 152 valence electrons. The number of quaternary nitrogens is 1. The number of benzene rings is 1. The second-order valence-electron chi connectivity index (χ2n) is 6.40. The summed E-state index contributed by atoms with van der Waals surface area (Å²) in [6.07, 6.45) is 0. The quantitative estimate of drug-likeness (QED) is 0.432. The van der Waals surface area contributed by atoms with Crippen LogP contribution in [-0.2, 0) is 11.3 Å². The number of carbonyl (C=O) groups is 2. The highest BCUT2D eigenvalue weighted by Crippen LogP contribution is 2.22. The number of aromatic nitrogens is 2. The molecular weight excluding hydrogens is 378 g/mol. The van der Waals surface area contributed by atoms with Gasteiger partial charge in [0.15, 0.2) is 5.16 Å². The Kier molecular flexibility index (Phi) is 8.01. The van der Waals surface area contributed by atoms with Gasteiger partial charge < -0.3 is 10.2 Å². The zero-order chi connectivity index (χ0) is 20.7. The first-order valence-electron chi connectivity index (χ1n) is 9.43. The molecule has 3 N–H and O–H groups in total. The van der Waals surface area contributed by atoms with Gasteiger partial charge in [0.05, 0.1) is 42.3 Å². The van der Waals surface area contributed by atoms with E-state index in [2.05, 4.69) is 29.5 Å². The SMILES string of the molecule is CC[NH+](CC)CCn1c(S[C@@H](C)C(=O)NC(=O)NC)nc2ccccc2c1=O. The van der Waals surface area contributed by atoms with Gasteiger partial charge in [-0.25, -0.2) is 9.78 Å². The number of para-hydroxylation sites is 1. The molecule has 0 bridgehead atoms. The molecule has 1 atom stereocenters. The lowest BCUT2D eigenvalue weighted by atomic mass is 10.2. The molecule has 1 aromatic carbocycles. The fourth-order valence-corrected chi connectivity index (χ4v) is 3.73. The van der Waals surface area contributed by atoms with Crippen molar-refractivity contribution < 1.29 is 14.5 Å². The molecule has 2 aromatic rings. The molecule has 0 aliphatic rings. The predicted molar refractivity (Wildman–Crippen MR) is 111 cm³/mol. The minimum absolute atomic E-state index is 0.112. The van der Waals surface area contributed by atoms with Crippen molar-refractivity contribution in [2.45, 2.75) is 37.7 Å². The molecule has 28 heavy (non-hydrogen) atoms. The van der Waals surface area contributed by atoms with Crippen molar-refractivity contribution >= 4 is 34.6 Å². The average Bonchev–Trinajstić information content (AvgIpc) is 2.70. The Labute approximate surface area is 168 Å². The summed E-state index contributed by atoms with van der Waals surface area (Å²) in [5, 5.41) is 5.07. The standard InChI is InChI=1S/C19H27N5O3S/c1-5-23(6-2)11-12-24-17(26)14-9-7-8-10-15(14)21-19(24)28-13(3)16(25)22-18(27)20-4/h7-10,13H,5-6,11-12H2,1-4H3,(H2,20,22,25,27)/p+1/t13-/m0/s1. The Hall–Kier alpha value is -2.39. The smallest absolute Gasteiger partial charge is 0.321 e. The molecular formula is C19H28N5O3S+. The number of hydrogen-bond donors (Lipinski definition) is 3. The van der Waals surface area contributed by atoms with E-state index < -0.39 is 17.2 Å². The first kappa shape index (κ1) is 21.9. The molecule has 2 rings (SSSR count). The topological polar surface area (TPSA) is 97.5 Å². The highest BCUT2D eigenvalue weighted by molar-refractivity contribution is 8.00. The van der Waals surface area contributed by atoms with Gasteiger partial charge in [-0.1, -0.05) is 23.9 Å². The van der Waals surface area contributed by atoms with E-state index in [0.717, 1.165) is 19.6 Å². The van der Waals surface area contributed by atoms with Crippen molar-refractivity contribution in [2.75, 3.05) is 26.7 Å². The number of imide groups is 1. The van der Waals surface area contributed by atoms with Gasteiger partial charge in [-0.3, -0.25) is 19.5 Å². The molecule has 9 heteroatoms. The van der Waals surface area contributed by atoms with Gasteiger partial charge in [0, 0.05) is 7.05 Å². The summed E-state index contributed by atoms with van der Waals surface area (Å²) in [5.41, 5.74) is 0.485. The number of carbonyl (C=O) groups excluding carboxylic acids is 2. The Balaban J connectivity index is 2.36. The van der Waals surface area contributed by atoms with Gasteiger partial charge in [-0.05, 0) is 32.9 Å². The molecule has 0 spiro atoms. The minimum Gasteiger partial charge on any atom is -0.341 e. The van der Waals surface area contributed by atoms with Gasteiger partial charge in [0.25, 0.3) is 5.56 Å². The summed E-state index contributed by atoms with van der Waals surface area (Å²) in [4.78, 5) is 42.7. The van der Waals surface area contributed by atoms with E-state index in [1.54, 1.807) is 23.6 Å². The van der Waals surface area contributed by atoms with Crippen LogP contribution in [0.5, 0.6) is 0 Å². The Morgan fingerprint density at radius 1 is 1.25 bits per heavy atom. The molecule has 0 saturated heterocycles. The maximum atomic E-state index is 13.0. The number of thioether (sulfide) groups is 1. The van der Waals surface area contributed by atoms with Crippen LogP contribution < -0.4 is 21.1 Å². The van der Waals surface area contributed by atoms with E-state index >= 15 is 0 Å². The van der Waals surface area contributed by atoms with Crippen LogP contribution in [0.1, 0.15) is 20.8 Å². The van der Waals surface area contributed by atoms with E-state index in [1.165, 1.54) is 23.7 Å². The Morgan fingerprint density at radius 2 is 1.93 bits per heavy atom. The van der Waals surface area contributed by atoms with Crippen molar-refractivity contribution in [3.63, 3.8) is 0 Å². The van der Waals surface area contributed by atoms with E-state index in [9.17, 15) is 14.4 Å². The number of amides is 3. The second-order valence-corrected chi connectivity index (χ2v) is 7.71. The first-order chi connectivity index (χ1) is 13.4. The number of likely N-dealkylation sites (N-methyl/N-ethyl adjacent to an activating group) is 1. The monoisotopic (exact) mass is 406 g/mol. The van der Waals surface area contributed by atoms with Crippen LogP contribution in [0.25, 0.3) is 10.9 Å². The fourth-order valence-electron chi connectivity index (χ4n) is 2.80. The molecule has 0 saturated carbocycles. The van der Waals surface area contributed by atoms with Gasteiger partial charge in [0.1, 0.15) is 0 Å². The zero-order valence-electron chi connectivity index (χ0n) is 16.7. The van der Waals surface area contributed by atoms with Crippen LogP contribution >= 0.6 is 11.8 Å². The second kappa shape index (κ2) is 10.2. The van der Waals surface area contributed by atoms with Gasteiger partial charge >= 0.3 is 6.03 Å². The Morgan fingerprint density at radius 3 is 2.57 bits per heavy atom. The summed E-state index contributed by atoms with van der Waals surface area (Å²) in [7, 11) is 1.44. The molecule has 8 nitrogen and oxygen atoms in total. The van der Waals surface area contributed by atoms with Crippen LogP contribution in [0, 0.1) is 0 Å². The normalized spacial score (nSPS) is 12.2. The summed E-state index contributed by atoms with van der Waals surface area (Å²) < 4.78 is 1.64. The van der Waals surface area contributed by atoms with Crippen molar-refractivity contribution in [3.8, 4) is 0 Å². The average molecular weight is 407 g/mol. The van der Waals surface area contributed by atoms with Crippen LogP contribution in [0.15, 0.2) is 34.2 Å². The maximum absolute atomic E-state index is 13.0. The molecule has 3 amide bonds. The highest BCUT2D eigenvalue weighted by atomic mass is 32.2. The van der Waals surface area contributed by atoms with Crippen molar-refractivity contribution in [1.29, 1.82) is 0 Å². The zero-order valence-corrected chi connectivity index (χ0v) is 17.6. The third-order valence-electron chi connectivity index (χ3n) is 4.63. The molecule has 1 heterocycles. The highest BCUT2D eigenvalue weighted by Gasteiger charge is 2.21. The van der Waals surface area contributed by atoms with Crippen molar-refractivity contribution in [2.24, 2.45) is 0 Å². The van der Waals surface area contributed by atoms with Crippen molar-refractivity contribution in [1.82, 2.24) is 20.2 Å². The van der Waals surface area contributed by atoms with Crippen LogP contribution in [0.4, 0.5) is 4.79 Å². The predicted octanol–water partition coefficient (Wildman–Crippen LogP) is 0.257. The van der Waals surface area contributed by atoms with Gasteiger partial charge in [-0.15, -0.1) is 0 Å². The molecule has 0 aliphatic heterocycles. The molecule has 0 aliphatic carbocycles. The third kappa shape index (κ3) is 5.32. The van der Waals surface area contributed by atoms with Crippen LogP contribution in [0.3, 0.4) is 0 Å². The molecule has 0 fully saturated rings. The Bertz CT molecular complexity index is 895. The van der Waals surface area contributed by atoms with Crippen molar-refractivity contribution in [3.05, 3.63) is 34.6 Å². The summed E-state index contributed by atoms with van der Waals surface area (Å²) >= 11 is 1.18. The van der Waals surface area contributed by atoms with E-state index in [4.69, 9.17) is 0 Å². The van der Waals surface area contributed by atoms with E-state index in [-0.39, 0.29) is 5.56 Å². The fraction of sp³-hybridized carbons (Fsp3) is 0.474. The number of fused-ring (bicyclic) bond motifs is 1. The number of nitrogens with one attached hydrogen (secondary N) is 3. The lowest BCUT2D eigenvalue weighted by Crippen LogP contribution is -3.11. The number of urea groups is 1. The number of nitrogens with zero attached hydrogens (tertiary/aromatic N) is 2. The third-order valence-corrected chi connectivity index (χ3v) is 5.72. The van der Waals surface area contributed by atoms with Gasteiger partial charge in [0.2, 0.25) is 5.91 Å². The molecule has 0 unspecified atom stereocenters. The lowest BCUT2D eigenvalue weighted by molar-refractivity contribution is -0.897. The minimum atomic E-state index is -0.586. The largest absolute Gasteiger partial charge is 0.341 e. The maximum Gasteiger partial charge on any atom is 0.321 e.